The normalized spacial score (nSPS) is 31.4. The number of fused-ring (bicyclic) bond motifs is 3. The standard InChI is InChI=1S/C39H44N2O8/c1-38-12-10-20-6-5-7-21(11-13-38)39(20,41-38)49-28-17-26(45-2)22-8-9-23-31-25(40-37(44)34(28)33(22)31)16-27-32(23)35(42)24(18-48-27)19-14-29(46-3)36(43)30(15-19)47-4/h10,12,14-17,20-21,24,35,37,40-44H,5-9,11,13,18H2,1-4H3/t20-,21-,24+,35+,37+,38-,39-/m1/s1. The van der Waals surface area contributed by atoms with Gasteiger partial charge in [0.15, 0.2) is 23.5 Å². The van der Waals surface area contributed by atoms with E-state index in [4.69, 9.17) is 23.7 Å². The fourth-order valence-corrected chi connectivity index (χ4v) is 9.85. The number of piperidine rings is 1. The Morgan fingerprint density at radius 1 is 0.857 bits per heavy atom. The first-order valence-electron chi connectivity index (χ1n) is 17.5. The van der Waals surface area contributed by atoms with Gasteiger partial charge in [0, 0.05) is 63.4 Å². The number of hydrogen-bond acceptors (Lipinski definition) is 10. The Kier molecular flexibility index (Phi) is 6.90. The molecule has 1 saturated heterocycles. The van der Waals surface area contributed by atoms with E-state index in [0.29, 0.717) is 35.8 Å². The first kappa shape index (κ1) is 30.9. The smallest absolute Gasteiger partial charge is 0.200 e. The van der Waals surface area contributed by atoms with Crippen LogP contribution in [0.25, 0.3) is 11.1 Å². The molecule has 0 aromatic heterocycles. The average molecular weight is 669 g/mol. The summed E-state index contributed by atoms with van der Waals surface area (Å²) in [7, 11) is 4.66. The van der Waals surface area contributed by atoms with Gasteiger partial charge in [-0.25, -0.2) is 0 Å². The average Bonchev–Trinajstić information content (AvgIpc) is 3.10. The molecule has 49 heavy (non-hydrogen) atoms. The number of aliphatic hydroxyl groups excluding tert-OH is 2. The van der Waals surface area contributed by atoms with Crippen molar-refractivity contribution in [3.8, 4) is 45.6 Å². The molecule has 9 rings (SSSR count). The van der Waals surface area contributed by atoms with Gasteiger partial charge in [-0.15, -0.1) is 0 Å². The van der Waals surface area contributed by atoms with Crippen LogP contribution in [0.3, 0.4) is 0 Å². The lowest BCUT2D eigenvalue weighted by Crippen LogP contribution is -2.72. The predicted molar refractivity (Wildman–Crippen MR) is 183 cm³/mol. The highest BCUT2D eigenvalue weighted by Gasteiger charge is 2.57. The first-order chi connectivity index (χ1) is 23.7. The maximum Gasteiger partial charge on any atom is 0.200 e. The highest BCUT2D eigenvalue weighted by molar-refractivity contribution is 5.93. The molecule has 10 nitrogen and oxygen atoms in total. The summed E-state index contributed by atoms with van der Waals surface area (Å²) in [5, 5.41) is 41.9. The number of anilines is 1. The summed E-state index contributed by atoms with van der Waals surface area (Å²) < 4.78 is 30.6. The van der Waals surface area contributed by atoms with Crippen LogP contribution in [0.4, 0.5) is 5.69 Å². The Balaban J connectivity index is 1.19. The highest BCUT2D eigenvalue weighted by Crippen LogP contribution is 2.59. The van der Waals surface area contributed by atoms with E-state index in [1.165, 1.54) is 20.6 Å². The largest absolute Gasteiger partial charge is 0.502 e. The predicted octanol–water partition coefficient (Wildman–Crippen LogP) is 6.01. The van der Waals surface area contributed by atoms with Crippen LogP contribution in [0.2, 0.25) is 0 Å². The summed E-state index contributed by atoms with van der Waals surface area (Å²) in [6, 6.07) is 7.33. The van der Waals surface area contributed by atoms with Gasteiger partial charge in [0.2, 0.25) is 5.75 Å². The number of aromatic hydroxyl groups is 1. The van der Waals surface area contributed by atoms with E-state index in [0.717, 1.165) is 70.5 Å². The van der Waals surface area contributed by atoms with E-state index in [2.05, 4.69) is 29.7 Å². The second-order valence-corrected chi connectivity index (χ2v) is 14.8. The molecule has 4 aliphatic heterocycles. The molecule has 3 aromatic carbocycles. The minimum Gasteiger partial charge on any atom is -0.502 e. The van der Waals surface area contributed by atoms with Gasteiger partial charge in [-0.05, 0) is 68.7 Å². The van der Waals surface area contributed by atoms with Gasteiger partial charge in [0.05, 0.1) is 39.6 Å². The highest BCUT2D eigenvalue weighted by atomic mass is 16.5. The van der Waals surface area contributed by atoms with Gasteiger partial charge in [-0.2, -0.15) is 0 Å². The van der Waals surface area contributed by atoms with Crippen LogP contribution in [0.15, 0.2) is 36.4 Å². The Hall–Kier alpha value is -4.12. The molecular formula is C39H44N2O8. The van der Waals surface area contributed by atoms with Crippen LogP contribution in [0, 0.1) is 11.8 Å². The minimum atomic E-state index is -1.02. The monoisotopic (exact) mass is 668 g/mol. The zero-order chi connectivity index (χ0) is 33.8. The SMILES string of the molecule is COc1cc([C@@H]2COc3cc4c5c(c3[C@H]2O)CCc2c(OC)cc(O[C@]36N[C@]7(C)C=C[C@H]3CCC[C@@H]6CC7)c(c2-5)[C@H](O)N4)cc(OC)c1O. The van der Waals surface area contributed by atoms with Gasteiger partial charge in [0.1, 0.15) is 17.2 Å². The number of hydrogen-bond donors (Lipinski definition) is 5. The van der Waals surface area contributed by atoms with Crippen LogP contribution in [0.1, 0.15) is 85.1 Å². The lowest BCUT2D eigenvalue weighted by Gasteiger charge is -2.58. The molecule has 7 atom stereocenters. The molecule has 1 saturated carbocycles. The lowest BCUT2D eigenvalue weighted by molar-refractivity contribution is -0.129. The van der Waals surface area contributed by atoms with E-state index < -0.39 is 24.0 Å². The van der Waals surface area contributed by atoms with Gasteiger partial charge >= 0.3 is 0 Å². The first-order valence-corrected chi connectivity index (χ1v) is 17.5. The molecule has 0 amide bonds. The number of rotatable bonds is 6. The van der Waals surface area contributed by atoms with Crippen molar-refractivity contribution in [1.82, 2.24) is 5.32 Å². The van der Waals surface area contributed by atoms with Gasteiger partial charge in [0.25, 0.3) is 0 Å². The summed E-state index contributed by atoms with van der Waals surface area (Å²) in [5.74, 6) is 2.51. The number of benzene rings is 3. The van der Waals surface area contributed by atoms with Crippen molar-refractivity contribution in [1.29, 1.82) is 0 Å². The van der Waals surface area contributed by atoms with E-state index in [1.807, 2.05) is 12.1 Å². The third kappa shape index (κ3) is 4.36. The molecule has 6 aliphatic rings. The fourth-order valence-electron chi connectivity index (χ4n) is 9.85. The molecule has 2 fully saturated rings. The maximum absolute atomic E-state index is 12.1. The van der Waals surface area contributed by atoms with Gasteiger partial charge in [-0.3, -0.25) is 5.32 Å². The molecule has 2 bridgehead atoms. The number of phenolic OH excluding ortho intramolecular Hbond substituents is 1. The Morgan fingerprint density at radius 2 is 1.61 bits per heavy atom. The second-order valence-electron chi connectivity index (χ2n) is 14.8. The molecule has 4 heterocycles. The number of phenols is 1. The summed E-state index contributed by atoms with van der Waals surface area (Å²) in [5.41, 5.74) is 6.06. The van der Waals surface area contributed by atoms with Gasteiger partial charge in [-0.1, -0.05) is 18.6 Å². The van der Waals surface area contributed by atoms with E-state index in [1.54, 1.807) is 19.2 Å². The molecule has 0 radical (unpaired) electrons. The topological polar surface area (TPSA) is 131 Å². The molecule has 0 unspecified atom stereocenters. The summed E-state index contributed by atoms with van der Waals surface area (Å²) in [4.78, 5) is 0. The number of nitrogens with one attached hydrogen (secondary N) is 2. The fraction of sp³-hybridized carbons (Fsp3) is 0.487. The Morgan fingerprint density at radius 3 is 2.37 bits per heavy atom. The zero-order valence-electron chi connectivity index (χ0n) is 28.4. The molecule has 10 heteroatoms. The quantitative estimate of drug-likeness (QED) is 0.199. The molecule has 2 aliphatic carbocycles. The second kappa shape index (κ2) is 10.9. The van der Waals surface area contributed by atoms with Crippen molar-refractivity contribution in [3.63, 3.8) is 0 Å². The summed E-state index contributed by atoms with van der Waals surface area (Å²) >= 11 is 0. The van der Waals surface area contributed by atoms with Crippen LogP contribution >= 0.6 is 0 Å². The molecule has 5 N–H and O–H groups in total. The number of methoxy groups -OCH3 is 3. The Labute approximate surface area is 286 Å². The molecule has 258 valence electrons. The van der Waals surface area contributed by atoms with Crippen molar-refractivity contribution in [2.75, 3.05) is 33.3 Å². The van der Waals surface area contributed by atoms with Crippen LogP contribution < -0.4 is 34.3 Å². The molecule has 3 aromatic rings. The third-order valence-electron chi connectivity index (χ3n) is 12.2. The van der Waals surface area contributed by atoms with Crippen molar-refractivity contribution in [2.45, 2.75) is 81.4 Å². The van der Waals surface area contributed by atoms with Crippen molar-refractivity contribution >= 4 is 5.69 Å². The van der Waals surface area contributed by atoms with Crippen molar-refractivity contribution in [2.24, 2.45) is 11.8 Å². The van der Waals surface area contributed by atoms with E-state index in [-0.39, 0.29) is 35.3 Å². The lowest BCUT2D eigenvalue weighted by atomic mass is 9.63. The van der Waals surface area contributed by atoms with Crippen LogP contribution in [0.5, 0.6) is 34.5 Å². The van der Waals surface area contributed by atoms with Crippen LogP contribution in [-0.4, -0.2) is 54.5 Å². The van der Waals surface area contributed by atoms with Gasteiger partial charge < -0.3 is 44.3 Å². The van der Waals surface area contributed by atoms with E-state index >= 15 is 0 Å². The maximum atomic E-state index is 12.1. The Bertz CT molecular complexity index is 1880. The van der Waals surface area contributed by atoms with Crippen molar-refractivity contribution < 1.29 is 39.0 Å². The summed E-state index contributed by atoms with van der Waals surface area (Å²) in [6.07, 6.45) is 9.54. The minimum absolute atomic E-state index is 0.0919. The number of aliphatic hydroxyl groups is 2. The van der Waals surface area contributed by atoms with Crippen LogP contribution in [-0.2, 0) is 12.8 Å². The van der Waals surface area contributed by atoms with E-state index in [9.17, 15) is 15.3 Å². The number of ether oxygens (including phenoxy) is 5. The molecular weight excluding hydrogens is 624 g/mol. The molecule has 0 spiro atoms. The third-order valence-corrected chi connectivity index (χ3v) is 12.2. The summed E-state index contributed by atoms with van der Waals surface area (Å²) in [6.45, 7) is 2.46. The van der Waals surface area contributed by atoms with Crippen molar-refractivity contribution in [3.05, 3.63) is 64.2 Å². The zero-order valence-corrected chi connectivity index (χ0v) is 28.4.